The number of benzene rings is 1. The van der Waals surface area contributed by atoms with Gasteiger partial charge in [-0.2, -0.15) is 18.2 Å². The molecule has 0 bridgehead atoms. The minimum absolute atomic E-state index is 0.0823. The zero-order valence-electron chi connectivity index (χ0n) is 7.62. The van der Waals surface area contributed by atoms with Gasteiger partial charge in [0.05, 0.1) is 5.56 Å². The topological polar surface area (TPSA) is 38.9 Å². The van der Waals surface area contributed by atoms with Crippen molar-refractivity contribution in [2.45, 2.75) is 6.18 Å². The summed E-state index contributed by atoms with van der Waals surface area (Å²) in [7, 11) is 0. The van der Waals surface area contributed by atoms with Crippen molar-refractivity contribution >= 4 is 0 Å². The first kappa shape index (κ1) is 10.6. The maximum atomic E-state index is 13.0. The van der Waals surface area contributed by atoms with Gasteiger partial charge in [-0.3, -0.25) is 0 Å². The van der Waals surface area contributed by atoms with Crippen LogP contribution in [0, 0.1) is 5.82 Å². The molecule has 2 aromatic rings. The second kappa shape index (κ2) is 3.58. The first-order chi connectivity index (χ1) is 7.47. The van der Waals surface area contributed by atoms with Gasteiger partial charge in [-0.05, 0) is 18.2 Å². The average molecular weight is 232 g/mol. The van der Waals surface area contributed by atoms with Gasteiger partial charge in [-0.25, -0.2) is 4.39 Å². The molecule has 0 saturated heterocycles. The molecule has 3 nitrogen and oxygen atoms in total. The molecule has 0 aliphatic heterocycles. The molecule has 7 heteroatoms. The smallest absolute Gasteiger partial charge is 0.342 e. The molecule has 1 heterocycles. The summed E-state index contributed by atoms with van der Waals surface area (Å²) in [5, 5.41) is 3.33. The molecular formula is C9H4F4N2O. The maximum absolute atomic E-state index is 13.0. The van der Waals surface area contributed by atoms with Gasteiger partial charge in [0.2, 0.25) is 12.2 Å². The van der Waals surface area contributed by atoms with Crippen molar-refractivity contribution in [3.8, 4) is 11.4 Å². The fourth-order valence-electron chi connectivity index (χ4n) is 1.18. The molecule has 84 valence electrons. The molecule has 0 unspecified atom stereocenters. The summed E-state index contributed by atoms with van der Waals surface area (Å²) in [6, 6.07) is 2.07. The molecule has 1 aromatic carbocycles. The number of aromatic nitrogens is 2. The predicted molar refractivity (Wildman–Crippen MR) is 44.7 cm³/mol. The van der Waals surface area contributed by atoms with Crippen molar-refractivity contribution in [3.05, 3.63) is 36.0 Å². The van der Waals surface area contributed by atoms with Gasteiger partial charge in [0.25, 0.3) is 0 Å². The van der Waals surface area contributed by atoms with E-state index in [-0.39, 0.29) is 11.4 Å². The lowest BCUT2D eigenvalue weighted by Gasteiger charge is -2.07. The Balaban J connectivity index is 2.53. The molecule has 0 radical (unpaired) electrons. The minimum Gasteiger partial charge on any atom is -0.342 e. The fraction of sp³-hybridized carbons (Fsp3) is 0.111. The Morgan fingerprint density at radius 1 is 1.12 bits per heavy atom. The van der Waals surface area contributed by atoms with Crippen molar-refractivity contribution in [1.82, 2.24) is 10.1 Å². The molecule has 0 fully saturated rings. The standard InChI is InChI=1S/C9H4F4N2O/c10-7-2-5(8-14-4-16-15-8)1-6(3-7)9(11,12)13/h1-4H. The molecule has 0 amide bonds. The molecule has 2 rings (SSSR count). The van der Waals surface area contributed by atoms with E-state index in [1.807, 2.05) is 0 Å². The van der Waals surface area contributed by atoms with E-state index >= 15 is 0 Å². The van der Waals surface area contributed by atoms with E-state index in [9.17, 15) is 17.6 Å². The second-order valence-electron chi connectivity index (χ2n) is 2.98. The van der Waals surface area contributed by atoms with Crippen LogP contribution in [-0.4, -0.2) is 10.1 Å². The Kier molecular flexibility index (Phi) is 2.37. The maximum Gasteiger partial charge on any atom is 0.416 e. The summed E-state index contributed by atoms with van der Waals surface area (Å²) >= 11 is 0. The minimum atomic E-state index is -4.61. The number of nitrogens with zero attached hydrogens (tertiary/aromatic N) is 2. The highest BCUT2D eigenvalue weighted by molar-refractivity contribution is 5.55. The first-order valence-electron chi connectivity index (χ1n) is 4.11. The monoisotopic (exact) mass is 232 g/mol. The third-order valence-corrected chi connectivity index (χ3v) is 1.84. The van der Waals surface area contributed by atoms with Crippen LogP contribution in [0.4, 0.5) is 17.6 Å². The number of rotatable bonds is 1. The summed E-state index contributed by atoms with van der Waals surface area (Å²) in [5.41, 5.74) is -1.17. The summed E-state index contributed by atoms with van der Waals surface area (Å²) in [5.74, 6) is -1.10. The van der Waals surface area contributed by atoms with Crippen LogP contribution < -0.4 is 0 Å². The zero-order chi connectivity index (χ0) is 11.8. The highest BCUT2D eigenvalue weighted by Gasteiger charge is 2.31. The van der Waals surface area contributed by atoms with E-state index < -0.39 is 17.6 Å². The normalized spacial score (nSPS) is 11.8. The van der Waals surface area contributed by atoms with Crippen LogP contribution in [0.2, 0.25) is 0 Å². The van der Waals surface area contributed by atoms with Crippen molar-refractivity contribution in [2.24, 2.45) is 0 Å². The Bertz CT molecular complexity index is 493. The van der Waals surface area contributed by atoms with Crippen LogP contribution in [0.5, 0.6) is 0 Å². The molecule has 16 heavy (non-hydrogen) atoms. The lowest BCUT2D eigenvalue weighted by molar-refractivity contribution is -0.137. The molecule has 0 aliphatic rings. The van der Waals surface area contributed by atoms with E-state index in [4.69, 9.17) is 0 Å². The predicted octanol–water partition coefficient (Wildman–Crippen LogP) is 2.89. The van der Waals surface area contributed by atoms with Gasteiger partial charge in [0, 0.05) is 5.56 Å². The zero-order valence-corrected chi connectivity index (χ0v) is 7.62. The van der Waals surface area contributed by atoms with E-state index in [1.165, 1.54) is 0 Å². The highest BCUT2D eigenvalue weighted by Crippen LogP contribution is 2.32. The number of hydrogen-bond donors (Lipinski definition) is 0. The third-order valence-electron chi connectivity index (χ3n) is 1.84. The number of alkyl halides is 3. The van der Waals surface area contributed by atoms with E-state index in [2.05, 4.69) is 14.7 Å². The summed E-state index contributed by atoms with van der Waals surface area (Å²) in [6.45, 7) is 0. The van der Waals surface area contributed by atoms with Gasteiger partial charge in [0.15, 0.2) is 0 Å². The first-order valence-corrected chi connectivity index (χ1v) is 4.11. The summed E-state index contributed by atoms with van der Waals surface area (Å²) in [4.78, 5) is 3.54. The average Bonchev–Trinajstić information content (AvgIpc) is 2.68. The van der Waals surface area contributed by atoms with Crippen LogP contribution in [0.1, 0.15) is 5.56 Å². The lowest BCUT2D eigenvalue weighted by Crippen LogP contribution is -2.05. The summed E-state index contributed by atoms with van der Waals surface area (Å²) < 4.78 is 54.4. The number of hydrogen-bond acceptors (Lipinski definition) is 3. The fourth-order valence-corrected chi connectivity index (χ4v) is 1.18. The second-order valence-corrected chi connectivity index (χ2v) is 2.98. The number of halogens is 4. The third kappa shape index (κ3) is 2.02. The molecule has 0 atom stereocenters. The van der Waals surface area contributed by atoms with Crippen LogP contribution in [0.25, 0.3) is 11.4 Å². The molecule has 1 aromatic heterocycles. The van der Waals surface area contributed by atoms with Gasteiger partial charge in [-0.15, -0.1) is 0 Å². The Morgan fingerprint density at radius 3 is 2.44 bits per heavy atom. The Morgan fingerprint density at radius 2 is 1.88 bits per heavy atom. The van der Waals surface area contributed by atoms with Gasteiger partial charge in [0.1, 0.15) is 5.82 Å². The van der Waals surface area contributed by atoms with Gasteiger partial charge >= 0.3 is 6.18 Å². The van der Waals surface area contributed by atoms with Crippen molar-refractivity contribution in [3.63, 3.8) is 0 Å². The summed E-state index contributed by atoms with van der Waals surface area (Å²) in [6.07, 6.45) is -3.66. The SMILES string of the molecule is Fc1cc(-c2ncon2)cc(C(F)(F)F)c1. The van der Waals surface area contributed by atoms with Gasteiger partial charge in [-0.1, -0.05) is 5.16 Å². The molecule has 0 N–H and O–H groups in total. The molecule has 0 spiro atoms. The molecular weight excluding hydrogens is 228 g/mol. The Hall–Kier alpha value is -1.92. The van der Waals surface area contributed by atoms with Crippen LogP contribution in [0.15, 0.2) is 29.1 Å². The molecule has 0 aliphatic carbocycles. The van der Waals surface area contributed by atoms with E-state index in [0.717, 1.165) is 18.5 Å². The lowest BCUT2D eigenvalue weighted by atomic mass is 10.1. The van der Waals surface area contributed by atoms with E-state index in [0.29, 0.717) is 6.07 Å². The van der Waals surface area contributed by atoms with Crippen LogP contribution in [-0.2, 0) is 6.18 Å². The highest BCUT2D eigenvalue weighted by atomic mass is 19.4. The molecule has 0 saturated carbocycles. The van der Waals surface area contributed by atoms with Crippen molar-refractivity contribution < 1.29 is 22.1 Å². The largest absolute Gasteiger partial charge is 0.416 e. The van der Waals surface area contributed by atoms with Crippen LogP contribution >= 0.6 is 0 Å². The quantitative estimate of drug-likeness (QED) is 0.709. The van der Waals surface area contributed by atoms with Crippen molar-refractivity contribution in [2.75, 3.05) is 0 Å². The van der Waals surface area contributed by atoms with Gasteiger partial charge < -0.3 is 4.52 Å². The Labute approximate surface area is 86.7 Å². The van der Waals surface area contributed by atoms with E-state index in [1.54, 1.807) is 0 Å². The van der Waals surface area contributed by atoms with Crippen molar-refractivity contribution in [1.29, 1.82) is 0 Å². The van der Waals surface area contributed by atoms with Crippen LogP contribution in [0.3, 0.4) is 0 Å².